The van der Waals surface area contributed by atoms with E-state index in [0.717, 1.165) is 0 Å². The van der Waals surface area contributed by atoms with Gasteiger partial charge in [-0.25, -0.2) is 0 Å². The first kappa shape index (κ1) is 18.3. The molecule has 7 heteroatoms. The zero-order valence-corrected chi connectivity index (χ0v) is 16.0. The van der Waals surface area contributed by atoms with Crippen LogP contribution < -0.4 is 18.9 Å². The molecule has 1 aliphatic heterocycles. The van der Waals surface area contributed by atoms with Gasteiger partial charge in [0.1, 0.15) is 16.8 Å². The highest BCUT2D eigenvalue weighted by Crippen LogP contribution is 2.54. The first-order valence-corrected chi connectivity index (χ1v) is 8.73. The summed E-state index contributed by atoms with van der Waals surface area (Å²) in [4.78, 5) is 26.2. The summed E-state index contributed by atoms with van der Waals surface area (Å²) in [7, 11) is 2.98. The van der Waals surface area contributed by atoms with E-state index < -0.39 is 16.8 Å². The maximum Gasteiger partial charge on any atom is 0.231 e. The summed E-state index contributed by atoms with van der Waals surface area (Å²) in [5.41, 5.74) is -2.59. The van der Waals surface area contributed by atoms with E-state index in [0.29, 0.717) is 34.1 Å². The summed E-state index contributed by atoms with van der Waals surface area (Å²) in [6, 6.07) is 8.05. The Morgan fingerprint density at radius 1 is 1.07 bits per heavy atom. The van der Waals surface area contributed by atoms with Crippen LogP contribution in [0.2, 0.25) is 0 Å². The molecule has 1 aliphatic carbocycles. The summed E-state index contributed by atoms with van der Waals surface area (Å²) in [6.45, 7) is 2.75. The van der Waals surface area contributed by atoms with Gasteiger partial charge in [0.05, 0.1) is 14.2 Å². The zero-order valence-electron chi connectivity index (χ0n) is 16.0. The van der Waals surface area contributed by atoms with Crippen LogP contribution in [-0.2, 0) is 10.2 Å². The Morgan fingerprint density at radius 3 is 2.32 bits per heavy atom. The summed E-state index contributed by atoms with van der Waals surface area (Å²) in [5.74, 6) is 0.768. The second kappa shape index (κ2) is 5.97. The molecule has 146 valence electrons. The Balaban J connectivity index is 2.07. The lowest BCUT2D eigenvalue weighted by Gasteiger charge is -2.38. The lowest BCUT2D eigenvalue weighted by atomic mass is 9.65. The van der Waals surface area contributed by atoms with Crippen LogP contribution in [0.5, 0.6) is 23.0 Å². The van der Waals surface area contributed by atoms with Crippen LogP contribution in [0.1, 0.15) is 35.3 Å². The van der Waals surface area contributed by atoms with Crippen LogP contribution in [0.25, 0.3) is 0 Å². The standard InChI is InChI=1S/C21H20O7/c1-11(22)21(12-5-6-15(25-3)16(7-12)26-4)14-9-18-17(27-10-28-18)8-13(14)19(23)20(21,2)24/h5-9,24H,10H2,1-4H3/t20-,21+/m0/s1. The molecule has 0 saturated heterocycles. The smallest absolute Gasteiger partial charge is 0.231 e. The van der Waals surface area contributed by atoms with E-state index in [1.807, 2.05) is 0 Å². The number of hydrogen-bond donors (Lipinski definition) is 1. The fourth-order valence-electron chi connectivity index (χ4n) is 4.38. The number of aliphatic hydroxyl groups is 1. The van der Waals surface area contributed by atoms with Crippen LogP contribution in [0.15, 0.2) is 30.3 Å². The van der Waals surface area contributed by atoms with E-state index in [1.54, 1.807) is 24.3 Å². The molecule has 0 bridgehead atoms. The molecule has 1 heterocycles. The Morgan fingerprint density at radius 2 is 1.71 bits per heavy atom. The van der Waals surface area contributed by atoms with Crippen molar-refractivity contribution in [1.82, 2.24) is 0 Å². The third-order valence-electron chi connectivity index (χ3n) is 5.68. The van der Waals surface area contributed by atoms with Gasteiger partial charge >= 0.3 is 0 Å². The number of hydrogen-bond acceptors (Lipinski definition) is 7. The van der Waals surface area contributed by atoms with E-state index in [4.69, 9.17) is 18.9 Å². The lowest BCUT2D eigenvalue weighted by molar-refractivity contribution is -0.126. The molecule has 0 spiro atoms. The lowest BCUT2D eigenvalue weighted by Crippen LogP contribution is -2.54. The predicted octanol–water partition coefficient (Wildman–Crippen LogP) is 2.25. The van der Waals surface area contributed by atoms with Crippen LogP contribution in [0, 0.1) is 0 Å². The van der Waals surface area contributed by atoms with Crippen LogP contribution >= 0.6 is 0 Å². The van der Waals surface area contributed by atoms with E-state index >= 15 is 0 Å². The summed E-state index contributed by atoms with van der Waals surface area (Å²) < 4.78 is 21.5. The van der Waals surface area contributed by atoms with Crippen molar-refractivity contribution >= 4 is 11.6 Å². The van der Waals surface area contributed by atoms with Gasteiger partial charge in [0.2, 0.25) is 6.79 Å². The molecule has 2 aromatic rings. The Hall–Kier alpha value is -3.06. The van der Waals surface area contributed by atoms with Gasteiger partial charge in [0.15, 0.2) is 28.8 Å². The third kappa shape index (κ3) is 2.08. The number of methoxy groups -OCH3 is 2. The number of ketones is 2. The van der Waals surface area contributed by atoms with Crippen molar-refractivity contribution in [3.8, 4) is 23.0 Å². The summed E-state index contributed by atoms with van der Waals surface area (Å²) in [5, 5.41) is 11.4. The SMILES string of the molecule is COc1ccc([C@]2(C(C)=O)c3cc4c(cc3C(=O)[C@]2(C)O)OCO4)cc1OC. The fraction of sp³-hybridized carbons (Fsp3) is 0.333. The van der Waals surface area contributed by atoms with Crippen LogP contribution in [0.3, 0.4) is 0 Å². The maximum absolute atomic E-state index is 13.1. The van der Waals surface area contributed by atoms with Crippen LogP contribution in [-0.4, -0.2) is 43.3 Å². The normalized spacial score (nSPS) is 24.8. The maximum atomic E-state index is 13.1. The van der Waals surface area contributed by atoms with Gasteiger partial charge in [-0.05, 0) is 49.2 Å². The quantitative estimate of drug-likeness (QED) is 0.864. The molecule has 0 amide bonds. The first-order valence-electron chi connectivity index (χ1n) is 8.73. The molecule has 1 N–H and O–H groups in total. The minimum absolute atomic E-state index is 0.0340. The number of carbonyl (C=O) groups excluding carboxylic acids is 2. The largest absolute Gasteiger partial charge is 0.493 e. The van der Waals surface area contributed by atoms with E-state index in [-0.39, 0.29) is 18.1 Å². The topological polar surface area (TPSA) is 91.3 Å². The first-order chi connectivity index (χ1) is 13.3. The number of fused-ring (bicyclic) bond motifs is 2. The van der Waals surface area contributed by atoms with Gasteiger partial charge in [-0.15, -0.1) is 0 Å². The minimum Gasteiger partial charge on any atom is -0.493 e. The monoisotopic (exact) mass is 384 g/mol. The predicted molar refractivity (Wildman–Crippen MR) is 98.5 cm³/mol. The molecule has 7 nitrogen and oxygen atoms in total. The number of benzene rings is 2. The average Bonchev–Trinajstić information content (AvgIpc) is 3.19. The molecule has 0 saturated carbocycles. The second-order valence-corrected chi connectivity index (χ2v) is 7.03. The number of Topliss-reactive ketones (excluding diaryl/α,β-unsaturated/α-hetero) is 2. The van der Waals surface area contributed by atoms with E-state index in [1.165, 1.54) is 34.1 Å². The zero-order chi connectivity index (χ0) is 20.3. The van der Waals surface area contributed by atoms with Crippen molar-refractivity contribution < 1.29 is 33.6 Å². The summed E-state index contributed by atoms with van der Waals surface area (Å²) in [6.07, 6.45) is 0. The molecule has 2 aromatic carbocycles. The summed E-state index contributed by atoms with van der Waals surface area (Å²) >= 11 is 0. The highest BCUT2D eigenvalue weighted by molar-refractivity contribution is 6.17. The molecular formula is C21H20O7. The van der Waals surface area contributed by atoms with E-state index in [2.05, 4.69) is 0 Å². The van der Waals surface area contributed by atoms with Gasteiger partial charge < -0.3 is 24.1 Å². The highest BCUT2D eigenvalue weighted by atomic mass is 16.7. The average molecular weight is 384 g/mol. The Bertz CT molecular complexity index is 1010. The number of ether oxygens (including phenoxy) is 4. The van der Waals surface area contributed by atoms with Crippen molar-refractivity contribution in [3.63, 3.8) is 0 Å². The Labute approximate surface area is 161 Å². The molecule has 2 atom stereocenters. The van der Waals surface area contributed by atoms with Gasteiger partial charge in [0.25, 0.3) is 0 Å². The van der Waals surface area contributed by atoms with Crippen molar-refractivity contribution in [3.05, 3.63) is 47.0 Å². The van der Waals surface area contributed by atoms with E-state index in [9.17, 15) is 14.7 Å². The molecule has 0 unspecified atom stereocenters. The molecule has 0 radical (unpaired) electrons. The third-order valence-corrected chi connectivity index (χ3v) is 5.68. The van der Waals surface area contributed by atoms with Crippen molar-refractivity contribution in [1.29, 1.82) is 0 Å². The molecule has 4 rings (SSSR count). The number of carbonyl (C=O) groups is 2. The van der Waals surface area contributed by atoms with Gasteiger partial charge in [-0.3, -0.25) is 9.59 Å². The van der Waals surface area contributed by atoms with Crippen molar-refractivity contribution in [2.24, 2.45) is 0 Å². The molecular weight excluding hydrogens is 364 g/mol. The molecule has 0 aromatic heterocycles. The fourth-order valence-corrected chi connectivity index (χ4v) is 4.38. The minimum atomic E-state index is -2.00. The van der Waals surface area contributed by atoms with Gasteiger partial charge in [0, 0.05) is 5.56 Å². The molecule has 2 aliphatic rings. The van der Waals surface area contributed by atoms with Gasteiger partial charge in [-0.1, -0.05) is 6.07 Å². The Kier molecular flexibility index (Phi) is 3.90. The van der Waals surface area contributed by atoms with Crippen molar-refractivity contribution in [2.75, 3.05) is 21.0 Å². The van der Waals surface area contributed by atoms with Crippen LogP contribution in [0.4, 0.5) is 0 Å². The van der Waals surface area contributed by atoms with Crippen molar-refractivity contribution in [2.45, 2.75) is 24.9 Å². The molecule has 0 fully saturated rings. The second-order valence-electron chi connectivity index (χ2n) is 7.03. The number of rotatable bonds is 4. The molecule has 28 heavy (non-hydrogen) atoms. The van der Waals surface area contributed by atoms with Gasteiger partial charge in [-0.2, -0.15) is 0 Å². The highest BCUT2D eigenvalue weighted by Gasteiger charge is 2.64.